The number of nitrogens with zero attached hydrogens (tertiary/aromatic N) is 1. The van der Waals surface area contributed by atoms with E-state index in [1.54, 1.807) is 12.1 Å². The highest BCUT2D eigenvalue weighted by Crippen LogP contribution is 2.34. The summed E-state index contributed by atoms with van der Waals surface area (Å²) in [6, 6.07) is 7.03. The summed E-state index contributed by atoms with van der Waals surface area (Å²) in [6.07, 6.45) is 2.19. The normalized spacial score (nSPS) is 22.9. The quantitative estimate of drug-likeness (QED) is 0.856. The molecular formula is C15H20N2O3. The molecule has 5 nitrogen and oxygen atoms in total. The van der Waals surface area contributed by atoms with Gasteiger partial charge < -0.3 is 10.8 Å². The Balaban J connectivity index is 2.16. The lowest BCUT2D eigenvalue weighted by molar-refractivity contribution is -0.150. The second kappa shape index (κ2) is 5.63. The Hall–Kier alpha value is -1.88. The molecule has 1 unspecified atom stereocenters. The molecule has 1 aromatic rings. The smallest absolute Gasteiger partial charge is 0.324 e. The Kier molecular flexibility index (Phi) is 4.09. The average Bonchev–Trinajstić information content (AvgIpc) is 2.83. The highest BCUT2D eigenvalue weighted by Gasteiger charge is 2.45. The lowest BCUT2D eigenvalue weighted by Gasteiger charge is -2.33. The second-order valence-corrected chi connectivity index (χ2v) is 5.28. The van der Waals surface area contributed by atoms with E-state index in [1.165, 1.54) is 0 Å². The summed E-state index contributed by atoms with van der Waals surface area (Å²) < 4.78 is 0. The zero-order chi connectivity index (χ0) is 14.8. The number of aliphatic carboxylic acids is 1. The number of nitrogens with two attached hydrogens (primary N) is 1. The molecule has 1 saturated heterocycles. The van der Waals surface area contributed by atoms with Crippen LogP contribution >= 0.6 is 0 Å². The molecule has 1 fully saturated rings. The topological polar surface area (TPSA) is 83.6 Å². The van der Waals surface area contributed by atoms with Crippen LogP contribution in [0.4, 0.5) is 0 Å². The third-order valence-corrected chi connectivity index (χ3v) is 4.22. The highest BCUT2D eigenvalue weighted by molar-refractivity contribution is 5.92. The molecule has 20 heavy (non-hydrogen) atoms. The van der Waals surface area contributed by atoms with Crippen LogP contribution in [0.2, 0.25) is 0 Å². The molecular weight excluding hydrogens is 256 g/mol. The summed E-state index contributed by atoms with van der Waals surface area (Å²) >= 11 is 0. The van der Waals surface area contributed by atoms with Crippen molar-refractivity contribution in [2.75, 3.05) is 6.54 Å². The first-order chi connectivity index (χ1) is 9.49. The van der Waals surface area contributed by atoms with Crippen LogP contribution in [0, 0.1) is 0 Å². The van der Waals surface area contributed by atoms with Crippen molar-refractivity contribution >= 4 is 11.9 Å². The van der Waals surface area contributed by atoms with Gasteiger partial charge in [0.2, 0.25) is 5.91 Å². The van der Waals surface area contributed by atoms with Crippen molar-refractivity contribution in [1.82, 2.24) is 4.90 Å². The van der Waals surface area contributed by atoms with E-state index in [1.807, 2.05) is 24.0 Å². The largest absolute Gasteiger partial charge is 0.480 e. The van der Waals surface area contributed by atoms with Gasteiger partial charge in [0, 0.05) is 12.1 Å². The van der Waals surface area contributed by atoms with E-state index in [4.69, 9.17) is 5.73 Å². The van der Waals surface area contributed by atoms with Gasteiger partial charge in [0.05, 0.1) is 0 Å². The van der Waals surface area contributed by atoms with Crippen LogP contribution < -0.4 is 5.73 Å². The molecule has 1 aliphatic heterocycles. The number of carbonyl (C=O) groups is 2. The molecule has 5 heteroatoms. The summed E-state index contributed by atoms with van der Waals surface area (Å²) in [7, 11) is 0. The molecule has 0 bridgehead atoms. The first kappa shape index (κ1) is 14.5. The molecule has 3 N–H and O–H groups in total. The van der Waals surface area contributed by atoms with Crippen molar-refractivity contribution < 1.29 is 14.7 Å². The van der Waals surface area contributed by atoms with Gasteiger partial charge in [-0.3, -0.25) is 14.5 Å². The van der Waals surface area contributed by atoms with Crippen LogP contribution in [0.15, 0.2) is 24.3 Å². The monoisotopic (exact) mass is 276 g/mol. The van der Waals surface area contributed by atoms with E-state index in [9.17, 15) is 14.7 Å². The van der Waals surface area contributed by atoms with E-state index in [2.05, 4.69) is 0 Å². The molecule has 0 saturated carbocycles. The van der Waals surface area contributed by atoms with Crippen LogP contribution in [0.3, 0.4) is 0 Å². The minimum Gasteiger partial charge on any atom is -0.480 e. The van der Waals surface area contributed by atoms with E-state index < -0.39 is 17.4 Å². The fraction of sp³-hybridized carbons (Fsp3) is 0.467. The summed E-state index contributed by atoms with van der Waals surface area (Å²) in [5.74, 6) is -1.20. The van der Waals surface area contributed by atoms with Crippen molar-refractivity contribution in [3.63, 3.8) is 0 Å². The number of rotatable bonds is 5. The number of hydrogen-bond donors (Lipinski definition) is 2. The Bertz CT molecular complexity index is 512. The standard InChI is InChI=1S/C15H20N2O3/c1-2-15(14(19)20)8-3-9-17(15)10-11-4-6-12(7-5-11)13(16)18/h4-7H,2-3,8-10H2,1H3,(H2,16,18)(H,19,20). The van der Waals surface area contributed by atoms with E-state index >= 15 is 0 Å². The third-order valence-electron chi connectivity index (χ3n) is 4.22. The fourth-order valence-electron chi connectivity index (χ4n) is 2.95. The molecule has 1 amide bonds. The molecule has 1 aromatic carbocycles. The van der Waals surface area contributed by atoms with Gasteiger partial charge in [-0.1, -0.05) is 19.1 Å². The first-order valence-electron chi connectivity index (χ1n) is 6.87. The van der Waals surface area contributed by atoms with Crippen molar-refractivity contribution in [2.45, 2.75) is 38.3 Å². The number of primary amides is 1. The van der Waals surface area contributed by atoms with E-state index in [0.29, 0.717) is 24.9 Å². The minimum absolute atomic E-state index is 0.453. The van der Waals surface area contributed by atoms with Gasteiger partial charge >= 0.3 is 5.97 Å². The van der Waals surface area contributed by atoms with Gasteiger partial charge in [-0.25, -0.2) is 0 Å². The summed E-state index contributed by atoms with van der Waals surface area (Å²) in [4.78, 5) is 24.6. The number of carboxylic acids is 1. The first-order valence-corrected chi connectivity index (χ1v) is 6.87. The molecule has 1 heterocycles. The summed E-state index contributed by atoms with van der Waals surface area (Å²) in [6.45, 7) is 3.29. The molecule has 0 spiro atoms. The van der Waals surface area contributed by atoms with Crippen LogP contribution in [0.25, 0.3) is 0 Å². The van der Waals surface area contributed by atoms with Crippen LogP contribution in [-0.2, 0) is 11.3 Å². The van der Waals surface area contributed by atoms with E-state index in [-0.39, 0.29) is 0 Å². The molecule has 0 aliphatic carbocycles. The van der Waals surface area contributed by atoms with Crippen molar-refractivity contribution in [3.05, 3.63) is 35.4 Å². The highest BCUT2D eigenvalue weighted by atomic mass is 16.4. The molecule has 108 valence electrons. The van der Waals surface area contributed by atoms with Crippen LogP contribution in [-0.4, -0.2) is 34.0 Å². The molecule has 0 radical (unpaired) electrons. The Labute approximate surface area is 118 Å². The second-order valence-electron chi connectivity index (χ2n) is 5.28. The molecule has 0 aromatic heterocycles. The molecule has 1 aliphatic rings. The molecule has 2 rings (SSSR count). The average molecular weight is 276 g/mol. The van der Waals surface area contributed by atoms with Crippen LogP contribution in [0.5, 0.6) is 0 Å². The fourth-order valence-corrected chi connectivity index (χ4v) is 2.95. The number of amides is 1. The predicted molar refractivity (Wildman–Crippen MR) is 75.3 cm³/mol. The number of hydrogen-bond acceptors (Lipinski definition) is 3. The van der Waals surface area contributed by atoms with E-state index in [0.717, 1.165) is 18.5 Å². The summed E-state index contributed by atoms with van der Waals surface area (Å²) in [5, 5.41) is 9.53. The van der Waals surface area contributed by atoms with Gasteiger partial charge in [0.15, 0.2) is 0 Å². The Morgan fingerprint density at radius 2 is 2.00 bits per heavy atom. The van der Waals surface area contributed by atoms with Gasteiger partial charge in [0.25, 0.3) is 0 Å². The summed E-state index contributed by atoms with van der Waals surface area (Å²) in [5.41, 5.74) is 5.92. The van der Waals surface area contributed by atoms with Crippen LogP contribution in [0.1, 0.15) is 42.1 Å². The number of likely N-dealkylation sites (tertiary alicyclic amines) is 1. The number of carboxylic acid groups (broad SMARTS) is 1. The van der Waals surface area contributed by atoms with Crippen molar-refractivity contribution in [3.8, 4) is 0 Å². The lowest BCUT2D eigenvalue weighted by atomic mass is 9.92. The van der Waals surface area contributed by atoms with Gasteiger partial charge in [-0.05, 0) is 43.5 Å². The van der Waals surface area contributed by atoms with Crippen molar-refractivity contribution in [2.24, 2.45) is 5.73 Å². The minimum atomic E-state index is -0.748. The zero-order valence-corrected chi connectivity index (χ0v) is 11.6. The van der Waals surface area contributed by atoms with Crippen molar-refractivity contribution in [1.29, 1.82) is 0 Å². The van der Waals surface area contributed by atoms with Gasteiger partial charge in [-0.2, -0.15) is 0 Å². The van der Waals surface area contributed by atoms with Gasteiger partial charge in [-0.15, -0.1) is 0 Å². The number of carbonyl (C=O) groups excluding carboxylic acids is 1. The third kappa shape index (κ3) is 2.54. The zero-order valence-electron chi connectivity index (χ0n) is 11.6. The van der Waals surface area contributed by atoms with Gasteiger partial charge in [0.1, 0.15) is 5.54 Å². The predicted octanol–water partition coefficient (Wildman–Crippen LogP) is 1.61. The lowest BCUT2D eigenvalue weighted by Crippen LogP contribution is -2.49. The SMILES string of the molecule is CCC1(C(=O)O)CCCN1Cc1ccc(C(N)=O)cc1. The Morgan fingerprint density at radius 1 is 1.35 bits per heavy atom. The maximum Gasteiger partial charge on any atom is 0.324 e. The molecule has 1 atom stereocenters. The maximum absolute atomic E-state index is 11.6. The maximum atomic E-state index is 11.6. The number of benzene rings is 1. The Morgan fingerprint density at radius 3 is 2.50 bits per heavy atom.